The molecule has 0 aliphatic carbocycles. The third kappa shape index (κ3) is 3.28. The highest BCUT2D eigenvalue weighted by molar-refractivity contribution is 6.15. The van der Waals surface area contributed by atoms with Crippen molar-refractivity contribution in [2.45, 2.75) is 0 Å². The van der Waals surface area contributed by atoms with Crippen LogP contribution in [0.1, 0.15) is 0 Å². The van der Waals surface area contributed by atoms with E-state index in [1.165, 1.54) is 32.7 Å². The third-order valence-corrected chi connectivity index (χ3v) is 8.96. The number of fused-ring (bicyclic) bond motifs is 7. The van der Waals surface area contributed by atoms with Crippen molar-refractivity contribution < 1.29 is 4.42 Å². The smallest absolute Gasteiger partial charge is 0.235 e. The monoisotopic (exact) mass is 561 g/mol. The second-order valence-electron chi connectivity index (χ2n) is 11.4. The number of anilines is 3. The van der Waals surface area contributed by atoms with Crippen LogP contribution in [0, 0.1) is 0 Å². The zero-order valence-corrected chi connectivity index (χ0v) is 23.5. The zero-order chi connectivity index (χ0) is 28.8. The van der Waals surface area contributed by atoms with Gasteiger partial charge in [-0.2, -0.15) is 0 Å². The van der Waals surface area contributed by atoms with Gasteiger partial charge in [-0.15, -0.1) is 0 Å². The molecule has 0 saturated heterocycles. The van der Waals surface area contributed by atoms with Crippen molar-refractivity contribution in [3.05, 3.63) is 140 Å². The molecule has 4 heteroatoms. The van der Waals surface area contributed by atoms with E-state index in [1.54, 1.807) is 0 Å². The van der Waals surface area contributed by atoms with Crippen LogP contribution in [0.15, 0.2) is 144 Å². The van der Waals surface area contributed by atoms with Crippen molar-refractivity contribution >= 4 is 71.7 Å². The van der Waals surface area contributed by atoms with E-state index in [1.807, 2.05) is 30.3 Å². The van der Waals surface area contributed by atoms with Crippen LogP contribution in [0.3, 0.4) is 0 Å². The van der Waals surface area contributed by atoms with Crippen LogP contribution in [0.5, 0.6) is 0 Å². The minimum atomic E-state index is 0.641. The van der Waals surface area contributed by atoms with Gasteiger partial charge in [-0.25, -0.2) is 9.97 Å². The first-order valence-electron chi connectivity index (χ1n) is 14.8. The Hall–Kier alpha value is -6.00. The average Bonchev–Trinajstić information content (AvgIpc) is 3.45. The molecule has 0 spiro atoms. The van der Waals surface area contributed by atoms with Crippen molar-refractivity contribution in [1.29, 1.82) is 0 Å². The Bertz CT molecular complexity index is 2630. The first kappa shape index (κ1) is 23.6. The predicted octanol–water partition coefficient (Wildman–Crippen LogP) is 11.0. The molecule has 9 aromatic rings. The normalized spacial score (nSPS) is 12.5. The minimum Gasteiger partial charge on any atom is -0.456 e. The molecule has 0 fully saturated rings. The summed E-state index contributed by atoms with van der Waals surface area (Å²) in [6.07, 6.45) is 0. The zero-order valence-electron chi connectivity index (χ0n) is 23.5. The number of para-hydroxylation sites is 2. The molecule has 0 unspecified atom stereocenters. The maximum absolute atomic E-state index is 6.28. The molecule has 204 valence electrons. The summed E-state index contributed by atoms with van der Waals surface area (Å²) in [7, 11) is 0. The van der Waals surface area contributed by atoms with E-state index in [9.17, 15) is 0 Å². The van der Waals surface area contributed by atoms with Crippen molar-refractivity contribution in [2.24, 2.45) is 0 Å². The van der Waals surface area contributed by atoms with Gasteiger partial charge in [0.05, 0.1) is 22.6 Å². The second kappa shape index (κ2) is 8.76. The Morgan fingerprint density at radius 1 is 0.477 bits per heavy atom. The quantitative estimate of drug-likeness (QED) is 0.211. The summed E-state index contributed by atoms with van der Waals surface area (Å²) in [5.41, 5.74) is 9.05. The van der Waals surface area contributed by atoms with Crippen LogP contribution in [0.2, 0.25) is 0 Å². The van der Waals surface area contributed by atoms with Crippen molar-refractivity contribution in [2.75, 3.05) is 4.90 Å². The van der Waals surface area contributed by atoms with E-state index in [0.29, 0.717) is 5.95 Å². The highest BCUT2D eigenvalue weighted by atomic mass is 16.3. The topological polar surface area (TPSA) is 42.2 Å². The van der Waals surface area contributed by atoms with Crippen LogP contribution in [-0.2, 0) is 0 Å². The van der Waals surface area contributed by atoms with E-state index in [2.05, 4.69) is 114 Å². The first-order chi connectivity index (χ1) is 21.8. The van der Waals surface area contributed by atoms with Gasteiger partial charge in [-0.1, -0.05) is 97.1 Å². The average molecular weight is 562 g/mol. The Morgan fingerprint density at radius 2 is 1.20 bits per heavy atom. The first-order valence-corrected chi connectivity index (χ1v) is 14.8. The molecule has 3 heterocycles. The fraction of sp³-hybridized carbons (Fsp3) is 0. The molecule has 0 radical (unpaired) electrons. The number of rotatable bonds is 2. The van der Waals surface area contributed by atoms with Gasteiger partial charge < -0.3 is 4.42 Å². The summed E-state index contributed by atoms with van der Waals surface area (Å²) in [5.74, 6) is 0.641. The van der Waals surface area contributed by atoms with E-state index in [4.69, 9.17) is 14.4 Å². The van der Waals surface area contributed by atoms with Gasteiger partial charge in [-0.3, -0.25) is 4.90 Å². The van der Waals surface area contributed by atoms with Crippen LogP contribution in [-0.4, -0.2) is 9.97 Å². The molecule has 7 aromatic carbocycles. The van der Waals surface area contributed by atoms with E-state index >= 15 is 0 Å². The number of hydrogen-bond acceptors (Lipinski definition) is 4. The molecule has 1 aliphatic rings. The lowest BCUT2D eigenvalue weighted by Gasteiger charge is -2.32. The van der Waals surface area contributed by atoms with Crippen molar-refractivity contribution in [3.8, 4) is 22.4 Å². The van der Waals surface area contributed by atoms with E-state index in [0.717, 1.165) is 55.5 Å². The molecule has 44 heavy (non-hydrogen) atoms. The Kier molecular flexibility index (Phi) is 4.69. The van der Waals surface area contributed by atoms with Gasteiger partial charge in [0.2, 0.25) is 5.95 Å². The molecule has 4 nitrogen and oxygen atoms in total. The summed E-state index contributed by atoms with van der Waals surface area (Å²) >= 11 is 0. The van der Waals surface area contributed by atoms with Crippen LogP contribution >= 0.6 is 0 Å². The molecule has 10 rings (SSSR count). The Labute approximate surface area is 252 Å². The molecule has 0 N–H and O–H groups in total. The van der Waals surface area contributed by atoms with Crippen LogP contribution < -0.4 is 4.90 Å². The Balaban J connectivity index is 1.28. The second-order valence-corrected chi connectivity index (χ2v) is 11.4. The van der Waals surface area contributed by atoms with Gasteiger partial charge in [-0.05, 0) is 64.2 Å². The fourth-order valence-corrected chi connectivity index (χ4v) is 6.96. The van der Waals surface area contributed by atoms with Crippen LogP contribution in [0.25, 0.3) is 76.8 Å². The van der Waals surface area contributed by atoms with Crippen LogP contribution in [0.4, 0.5) is 17.3 Å². The molecule has 0 bridgehead atoms. The SMILES string of the molecule is c1ccc2cc3c(cc2c1)-c1cccc2cccc(c12)N3c1nc(-c2ccc3c(c2)oc2ccccc23)c2ccccc2n1. The summed E-state index contributed by atoms with van der Waals surface area (Å²) in [4.78, 5) is 12.8. The van der Waals surface area contributed by atoms with Gasteiger partial charge in [0.15, 0.2) is 0 Å². The lowest BCUT2D eigenvalue weighted by Crippen LogP contribution is -2.18. The molecule has 1 aliphatic heterocycles. The number of furan rings is 1. The number of aromatic nitrogens is 2. The lowest BCUT2D eigenvalue weighted by molar-refractivity contribution is 0.669. The molecule has 0 atom stereocenters. The molecular weight excluding hydrogens is 538 g/mol. The molecule has 0 saturated carbocycles. The third-order valence-electron chi connectivity index (χ3n) is 8.96. The van der Waals surface area contributed by atoms with Gasteiger partial charge >= 0.3 is 0 Å². The molecular formula is C40H23N3O. The van der Waals surface area contributed by atoms with Gasteiger partial charge in [0, 0.05) is 32.7 Å². The van der Waals surface area contributed by atoms with Gasteiger partial charge in [0.25, 0.3) is 0 Å². The van der Waals surface area contributed by atoms with Crippen molar-refractivity contribution in [3.63, 3.8) is 0 Å². The molecule has 2 aromatic heterocycles. The van der Waals surface area contributed by atoms with Gasteiger partial charge in [0.1, 0.15) is 11.2 Å². The predicted molar refractivity (Wildman–Crippen MR) is 181 cm³/mol. The maximum atomic E-state index is 6.28. The molecule has 0 amide bonds. The fourth-order valence-electron chi connectivity index (χ4n) is 6.96. The standard InChI is InChI=1S/C40H23N3O/c1-2-10-26-22-35-32(21-25(26)9-1)30-15-7-11-24-12-8-17-34(38(24)30)43(35)40-41-33-16-5-3-14-31(33)39(42-40)27-19-20-29-28-13-4-6-18-36(28)44-37(29)23-27/h1-23H. The highest BCUT2D eigenvalue weighted by Crippen LogP contribution is 2.51. The summed E-state index contributed by atoms with van der Waals surface area (Å²) in [5, 5.41) is 8.01. The number of benzene rings is 7. The highest BCUT2D eigenvalue weighted by Gasteiger charge is 2.29. The number of hydrogen-bond donors (Lipinski definition) is 0. The minimum absolute atomic E-state index is 0.641. The maximum Gasteiger partial charge on any atom is 0.235 e. The van der Waals surface area contributed by atoms with Crippen molar-refractivity contribution in [1.82, 2.24) is 9.97 Å². The Morgan fingerprint density at radius 3 is 2.11 bits per heavy atom. The van der Waals surface area contributed by atoms with E-state index < -0.39 is 0 Å². The summed E-state index contributed by atoms with van der Waals surface area (Å²) < 4.78 is 6.28. The summed E-state index contributed by atoms with van der Waals surface area (Å²) in [6, 6.07) is 49.0. The largest absolute Gasteiger partial charge is 0.456 e. The summed E-state index contributed by atoms with van der Waals surface area (Å²) in [6.45, 7) is 0. The van der Waals surface area contributed by atoms with E-state index in [-0.39, 0.29) is 0 Å². The number of nitrogens with zero attached hydrogens (tertiary/aromatic N) is 3. The lowest BCUT2D eigenvalue weighted by atomic mass is 9.89.